The van der Waals surface area contributed by atoms with E-state index >= 15 is 0 Å². The van der Waals surface area contributed by atoms with Crippen LogP contribution in [0.5, 0.6) is 0 Å². The summed E-state index contributed by atoms with van der Waals surface area (Å²) in [5.74, 6) is 0. The third kappa shape index (κ3) is 2.03. The van der Waals surface area contributed by atoms with E-state index in [0.29, 0.717) is 0 Å². The summed E-state index contributed by atoms with van der Waals surface area (Å²) in [5.41, 5.74) is 7.50. The Morgan fingerprint density at radius 1 is 1.33 bits per heavy atom. The van der Waals surface area contributed by atoms with Gasteiger partial charge < -0.3 is 10.8 Å². The second-order valence-corrected chi connectivity index (χ2v) is 3.22. The molecular formula is C10H12N4O. The van der Waals surface area contributed by atoms with Crippen LogP contribution in [0.2, 0.25) is 0 Å². The predicted octanol–water partition coefficient (Wildman–Crippen LogP) is 0.259. The van der Waals surface area contributed by atoms with Gasteiger partial charge in [-0.3, -0.25) is 0 Å². The van der Waals surface area contributed by atoms with Crippen LogP contribution in [-0.2, 0) is 0 Å². The Kier molecular flexibility index (Phi) is 2.75. The molecule has 1 aromatic carbocycles. The normalized spacial score (nSPS) is 12.7. The molecule has 0 saturated heterocycles. The van der Waals surface area contributed by atoms with Crippen molar-refractivity contribution in [2.75, 3.05) is 6.61 Å². The quantitative estimate of drug-likeness (QED) is 0.751. The zero-order chi connectivity index (χ0) is 10.7. The Morgan fingerprint density at radius 3 is 2.60 bits per heavy atom. The molecular weight excluding hydrogens is 192 g/mol. The number of nitrogens with zero attached hydrogens (tertiary/aromatic N) is 3. The highest BCUT2D eigenvalue weighted by Gasteiger charge is 2.04. The predicted molar refractivity (Wildman–Crippen MR) is 55.4 cm³/mol. The maximum atomic E-state index is 8.89. The van der Waals surface area contributed by atoms with E-state index < -0.39 is 0 Å². The Morgan fingerprint density at radius 2 is 2.07 bits per heavy atom. The van der Waals surface area contributed by atoms with Gasteiger partial charge >= 0.3 is 0 Å². The van der Waals surface area contributed by atoms with E-state index in [2.05, 4.69) is 10.1 Å². The van der Waals surface area contributed by atoms with Gasteiger partial charge in [0, 0.05) is 0 Å². The first-order valence-electron chi connectivity index (χ1n) is 4.62. The van der Waals surface area contributed by atoms with Crippen LogP contribution in [0.25, 0.3) is 5.69 Å². The number of aromatic nitrogens is 3. The van der Waals surface area contributed by atoms with Gasteiger partial charge in [-0.2, -0.15) is 5.10 Å². The summed E-state index contributed by atoms with van der Waals surface area (Å²) in [6.07, 6.45) is 3.11. The van der Waals surface area contributed by atoms with Crippen LogP contribution in [0.3, 0.4) is 0 Å². The average Bonchev–Trinajstić information content (AvgIpc) is 2.82. The fraction of sp³-hybridized carbons (Fsp3) is 0.200. The molecule has 2 aromatic rings. The lowest BCUT2D eigenvalue weighted by molar-refractivity contribution is 0.268. The molecule has 0 saturated carbocycles. The van der Waals surface area contributed by atoms with Crippen molar-refractivity contribution in [2.45, 2.75) is 6.04 Å². The van der Waals surface area contributed by atoms with Gasteiger partial charge in [-0.25, -0.2) is 9.67 Å². The highest BCUT2D eigenvalue weighted by molar-refractivity contribution is 5.34. The topological polar surface area (TPSA) is 77.0 Å². The minimum absolute atomic E-state index is 0.0529. The number of hydrogen-bond acceptors (Lipinski definition) is 4. The zero-order valence-corrected chi connectivity index (χ0v) is 8.11. The Labute approximate surface area is 87.2 Å². The largest absolute Gasteiger partial charge is 0.394 e. The summed E-state index contributed by atoms with van der Waals surface area (Å²) >= 11 is 0. The summed E-state index contributed by atoms with van der Waals surface area (Å²) < 4.78 is 1.66. The number of nitrogens with two attached hydrogens (primary N) is 1. The molecule has 1 atom stereocenters. The molecule has 0 bridgehead atoms. The van der Waals surface area contributed by atoms with Crippen LogP contribution in [0.4, 0.5) is 0 Å². The van der Waals surface area contributed by atoms with Crippen molar-refractivity contribution < 1.29 is 5.11 Å². The maximum absolute atomic E-state index is 8.89. The molecule has 1 heterocycles. The minimum Gasteiger partial charge on any atom is -0.394 e. The molecule has 0 aliphatic rings. The highest BCUT2D eigenvalue weighted by atomic mass is 16.3. The van der Waals surface area contributed by atoms with Gasteiger partial charge in [0.15, 0.2) is 0 Å². The molecule has 0 spiro atoms. The summed E-state index contributed by atoms with van der Waals surface area (Å²) in [6.45, 7) is -0.0529. The lowest BCUT2D eigenvalue weighted by atomic mass is 10.1. The van der Waals surface area contributed by atoms with Crippen LogP contribution in [0.1, 0.15) is 11.6 Å². The van der Waals surface area contributed by atoms with Crippen LogP contribution in [0.15, 0.2) is 36.9 Å². The van der Waals surface area contributed by atoms with Crippen LogP contribution in [-0.4, -0.2) is 26.5 Å². The molecule has 1 aromatic heterocycles. The van der Waals surface area contributed by atoms with E-state index in [1.165, 1.54) is 6.33 Å². The first kappa shape index (κ1) is 9.82. The van der Waals surface area contributed by atoms with Crippen LogP contribution < -0.4 is 5.73 Å². The minimum atomic E-state index is -0.324. The van der Waals surface area contributed by atoms with Gasteiger partial charge in [-0.05, 0) is 17.7 Å². The van der Waals surface area contributed by atoms with Gasteiger partial charge in [0.1, 0.15) is 12.7 Å². The van der Waals surface area contributed by atoms with E-state index in [1.54, 1.807) is 11.0 Å². The van der Waals surface area contributed by atoms with Crippen molar-refractivity contribution in [3.05, 3.63) is 42.5 Å². The molecule has 15 heavy (non-hydrogen) atoms. The average molecular weight is 204 g/mol. The van der Waals surface area contributed by atoms with Gasteiger partial charge in [0.2, 0.25) is 0 Å². The van der Waals surface area contributed by atoms with Crippen molar-refractivity contribution in [3.63, 3.8) is 0 Å². The Hall–Kier alpha value is -1.72. The smallest absolute Gasteiger partial charge is 0.138 e. The summed E-state index contributed by atoms with van der Waals surface area (Å²) in [7, 11) is 0. The molecule has 78 valence electrons. The standard InChI is InChI=1S/C10H12N4O/c11-10(5-15)8-1-3-9(4-2-8)14-7-12-6-13-14/h1-4,6-7,10,15H,5,11H2. The van der Waals surface area contributed by atoms with Crippen molar-refractivity contribution in [3.8, 4) is 5.69 Å². The van der Waals surface area contributed by atoms with Gasteiger partial charge in [0.05, 0.1) is 18.3 Å². The van der Waals surface area contributed by atoms with Crippen molar-refractivity contribution in [2.24, 2.45) is 5.73 Å². The summed E-state index contributed by atoms with van der Waals surface area (Å²) in [4.78, 5) is 3.86. The molecule has 3 N–H and O–H groups in total. The molecule has 0 amide bonds. The summed E-state index contributed by atoms with van der Waals surface area (Å²) in [5, 5.41) is 12.9. The number of benzene rings is 1. The molecule has 0 aliphatic carbocycles. The van der Waals surface area contributed by atoms with Gasteiger partial charge in [-0.15, -0.1) is 0 Å². The van der Waals surface area contributed by atoms with Gasteiger partial charge in [0.25, 0.3) is 0 Å². The SMILES string of the molecule is NC(CO)c1ccc(-n2cncn2)cc1. The zero-order valence-electron chi connectivity index (χ0n) is 8.11. The van der Waals surface area contributed by atoms with Crippen molar-refractivity contribution in [1.82, 2.24) is 14.8 Å². The molecule has 1 unspecified atom stereocenters. The summed E-state index contributed by atoms with van der Waals surface area (Å²) in [6, 6.07) is 7.20. The lowest BCUT2D eigenvalue weighted by Gasteiger charge is -2.08. The monoisotopic (exact) mass is 204 g/mol. The number of hydrogen-bond donors (Lipinski definition) is 2. The third-order valence-corrected chi connectivity index (χ3v) is 2.20. The van der Waals surface area contributed by atoms with E-state index in [0.717, 1.165) is 11.3 Å². The second kappa shape index (κ2) is 4.20. The first-order valence-corrected chi connectivity index (χ1v) is 4.62. The van der Waals surface area contributed by atoms with E-state index in [-0.39, 0.29) is 12.6 Å². The fourth-order valence-electron chi connectivity index (χ4n) is 1.32. The van der Waals surface area contributed by atoms with Crippen LogP contribution >= 0.6 is 0 Å². The maximum Gasteiger partial charge on any atom is 0.138 e. The fourth-order valence-corrected chi connectivity index (χ4v) is 1.32. The van der Waals surface area contributed by atoms with Crippen molar-refractivity contribution >= 4 is 0 Å². The molecule has 5 heteroatoms. The van der Waals surface area contributed by atoms with Crippen molar-refractivity contribution in [1.29, 1.82) is 0 Å². The number of rotatable bonds is 3. The van der Waals surface area contributed by atoms with E-state index in [4.69, 9.17) is 10.8 Å². The highest BCUT2D eigenvalue weighted by Crippen LogP contribution is 2.12. The molecule has 0 fully saturated rings. The van der Waals surface area contributed by atoms with Crippen LogP contribution in [0, 0.1) is 0 Å². The Bertz CT molecular complexity index is 409. The number of aliphatic hydroxyl groups excluding tert-OH is 1. The Balaban J connectivity index is 2.25. The molecule has 0 aliphatic heterocycles. The molecule has 5 nitrogen and oxygen atoms in total. The lowest BCUT2D eigenvalue weighted by Crippen LogP contribution is -2.14. The van der Waals surface area contributed by atoms with E-state index in [9.17, 15) is 0 Å². The molecule has 0 radical (unpaired) electrons. The van der Waals surface area contributed by atoms with Gasteiger partial charge in [-0.1, -0.05) is 12.1 Å². The third-order valence-electron chi connectivity index (χ3n) is 2.20. The second-order valence-electron chi connectivity index (χ2n) is 3.22. The molecule has 2 rings (SSSR count). The van der Waals surface area contributed by atoms with E-state index in [1.807, 2.05) is 24.3 Å². The number of aliphatic hydroxyl groups is 1. The first-order chi connectivity index (χ1) is 7.31.